The summed E-state index contributed by atoms with van der Waals surface area (Å²) in [5.41, 5.74) is 0.264. The minimum Gasteiger partial charge on any atom is -0.478 e. The number of rotatable bonds is 2. The van der Waals surface area contributed by atoms with Crippen molar-refractivity contribution in [2.24, 2.45) is 47.3 Å². The fraction of sp³-hybridized carbons (Fsp3) is 0.842. The first-order valence-electron chi connectivity index (χ1n) is 8.99. The highest BCUT2D eigenvalue weighted by Crippen LogP contribution is 2.71. The van der Waals surface area contributed by atoms with Crippen molar-refractivity contribution >= 4 is 5.97 Å². The molecule has 2 heteroatoms. The van der Waals surface area contributed by atoms with Crippen molar-refractivity contribution < 1.29 is 9.90 Å². The Hall–Kier alpha value is -0.790. The van der Waals surface area contributed by atoms with Gasteiger partial charge in [0.25, 0.3) is 0 Å². The molecule has 7 rings (SSSR count). The van der Waals surface area contributed by atoms with Gasteiger partial charge in [-0.25, -0.2) is 4.79 Å². The van der Waals surface area contributed by atoms with Gasteiger partial charge in [0.05, 0.1) is 0 Å². The van der Waals surface area contributed by atoms with E-state index in [0.29, 0.717) is 6.42 Å². The van der Waals surface area contributed by atoms with Gasteiger partial charge in [-0.1, -0.05) is 13.5 Å². The third kappa shape index (κ3) is 2.01. The van der Waals surface area contributed by atoms with Gasteiger partial charge in [-0.15, -0.1) is 0 Å². The standard InChI is InChI=1S/C14H20.C5H8O2/c1-7-2-12-10-4-8-5-11(9(1)10)13(3-7)14(12)6-8;1-3-4(2)5(6)7/h7-14H,1-6H2;2-3H2,1H3,(H,6,7). The zero-order valence-electron chi connectivity index (χ0n) is 13.1. The van der Waals surface area contributed by atoms with E-state index >= 15 is 0 Å². The summed E-state index contributed by atoms with van der Waals surface area (Å²) in [6.07, 6.45) is 10.5. The molecule has 7 aliphatic carbocycles. The fourth-order valence-electron chi connectivity index (χ4n) is 7.04. The molecule has 0 atom stereocenters. The van der Waals surface area contributed by atoms with Crippen LogP contribution in [0.15, 0.2) is 12.2 Å². The molecular weight excluding hydrogens is 260 g/mol. The van der Waals surface area contributed by atoms with E-state index in [1.54, 1.807) is 45.4 Å². The lowest BCUT2D eigenvalue weighted by Crippen LogP contribution is -2.62. The summed E-state index contributed by atoms with van der Waals surface area (Å²) in [6.45, 7) is 5.03. The van der Waals surface area contributed by atoms with Crippen molar-refractivity contribution in [1.29, 1.82) is 0 Å². The molecular formula is C19H28O2. The molecule has 0 aromatic heterocycles. The smallest absolute Gasteiger partial charge is 0.330 e. The van der Waals surface area contributed by atoms with Gasteiger partial charge in [0.15, 0.2) is 0 Å². The van der Waals surface area contributed by atoms with E-state index in [4.69, 9.17) is 5.11 Å². The van der Waals surface area contributed by atoms with Gasteiger partial charge in [0, 0.05) is 5.57 Å². The second-order valence-electron chi connectivity index (χ2n) is 8.39. The predicted octanol–water partition coefficient (Wildman–Crippen LogP) is 4.36. The van der Waals surface area contributed by atoms with E-state index in [1.807, 2.05) is 0 Å². The van der Waals surface area contributed by atoms with Gasteiger partial charge in [-0.3, -0.25) is 0 Å². The molecule has 0 unspecified atom stereocenters. The Morgan fingerprint density at radius 2 is 1.14 bits per heavy atom. The Bertz CT molecular complexity index is 379. The van der Waals surface area contributed by atoms with Crippen LogP contribution < -0.4 is 0 Å². The highest BCUT2D eigenvalue weighted by atomic mass is 16.4. The molecule has 0 radical (unpaired) electrons. The van der Waals surface area contributed by atoms with E-state index in [0.717, 1.165) is 0 Å². The van der Waals surface area contributed by atoms with Crippen LogP contribution in [0.2, 0.25) is 0 Å². The second kappa shape index (κ2) is 4.86. The van der Waals surface area contributed by atoms with Crippen LogP contribution in [-0.2, 0) is 4.79 Å². The summed E-state index contributed by atoms with van der Waals surface area (Å²) >= 11 is 0. The quantitative estimate of drug-likeness (QED) is 0.766. The van der Waals surface area contributed by atoms with Crippen LogP contribution in [0.25, 0.3) is 0 Å². The highest BCUT2D eigenvalue weighted by molar-refractivity contribution is 5.85. The van der Waals surface area contributed by atoms with Crippen molar-refractivity contribution in [3.63, 3.8) is 0 Å². The lowest BCUT2D eigenvalue weighted by atomic mass is 9.36. The molecule has 7 saturated carbocycles. The minimum absolute atomic E-state index is 0.264. The van der Waals surface area contributed by atoms with E-state index in [9.17, 15) is 4.79 Å². The number of carboxylic acids is 1. The van der Waals surface area contributed by atoms with Crippen molar-refractivity contribution in [2.45, 2.75) is 51.9 Å². The highest BCUT2D eigenvalue weighted by Gasteiger charge is 2.63. The Morgan fingerprint density at radius 1 is 0.857 bits per heavy atom. The third-order valence-corrected chi connectivity index (χ3v) is 7.66. The van der Waals surface area contributed by atoms with Crippen molar-refractivity contribution in [2.75, 3.05) is 0 Å². The predicted molar refractivity (Wildman–Crippen MR) is 82.7 cm³/mol. The molecule has 21 heavy (non-hydrogen) atoms. The van der Waals surface area contributed by atoms with E-state index in [1.165, 1.54) is 47.3 Å². The lowest BCUT2D eigenvalue weighted by molar-refractivity contribution is -0.202. The van der Waals surface area contributed by atoms with Crippen LogP contribution in [0.5, 0.6) is 0 Å². The Balaban J connectivity index is 0.000000144. The Labute approximate surface area is 128 Å². The van der Waals surface area contributed by atoms with Crippen LogP contribution in [0.3, 0.4) is 0 Å². The minimum atomic E-state index is -0.900. The van der Waals surface area contributed by atoms with Crippen LogP contribution in [-0.4, -0.2) is 11.1 Å². The van der Waals surface area contributed by atoms with Crippen molar-refractivity contribution in [1.82, 2.24) is 0 Å². The van der Waals surface area contributed by atoms with Gasteiger partial charge < -0.3 is 5.11 Å². The maximum atomic E-state index is 9.83. The normalized spacial score (nSPS) is 50.7. The van der Waals surface area contributed by atoms with Crippen LogP contribution in [0.4, 0.5) is 0 Å². The number of carboxylic acid groups (broad SMARTS) is 1. The molecule has 1 N–H and O–H groups in total. The van der Waals surface area contributed by atoms with Crippen LogP contribution >= 0.6 is 0 Å². The molecule has 8 bridgehead atoms. The average molecular weight is 288 g/mol. The SMILES string of the molecule is C1C2CC3C4CC5CC(C14)C(C2)C3C5.C=C(CC)C(=O)O. The zero-order valence-corrected chi connectivity index (χ0v) is 13.1. The molecule has 0 aromatic carbocycles. The Kier molecular flexibility index (Phi) is 3.20. The summed E-state index contributed by atoms with van der Waals surface area (Å²) in [5.74, 6) is 8.84. The largest absolute Gasteiger partial charge is 0.478 e. The van der Waals surface area contributed by atoms with Gasteiger partial charge in [0.1, 0.15) is 0 Å². The molecule has 0 aromatic rings. The topological polar surface area (TPSA) is 37.3 Å². The number of aliphatic carboxylic acids is 1. The molecule has 116 valence electrons. The van der Waals surface area contributed by atoms with Crippen LogP contribution in [0.1, 0.15) is 51.9 Å². The van der Waals surface area contributed by atoms with E-state index in [-0.39, 0.29) is 5.57 Å². The summed E-state index contributed by atoms with van der Waals surface area (Å²) in [7, 11) is 0. The molecule has 0 amide bonds. The summed E-state index contributed by atoms with van der Waals surface area (Å²) in [5, 5.41) is 8.08. The van der Waals surface area contributed by atoms with Gasteiger partial charge in [-0.2, -0.15) is 0 Å². The maximum Gasteiger partial charge on any atom is 0.330 e. The number of hydrogen-bond donors (Lipinski definition) is 1. The summed E-state index contributed by atoms with van der Waals surface area (Å²) in [4.78, 5) is 9.83. The molecule has 0 spiro atoms. The molecule has 2 nitrogen and oxygen atoms in total. The third-order valence-electron chi connectivity index (χ3n) is 7.66. The molecule has 0 saturated heterocycles. The summed E-state index contributed by atoms with van der Waals surface area (Å²) < 4.78 is 0. The van der Waals surface area contributed by atoms with Gasteiger partial charge >= 0.3 is 5.97 Å². The number of carbonyl (C=O) groups is 1. The zero-order chi connectivity index (χ0) is 14.7. The maximum absolute atomic E-state index is 9.83. The first-order chi connectivity index (χ1) is 10.1. The Morgan fingerprint density at radius 3 is 1.29 bits per heavy atom. The average Bonchev–Trinajstić information content (AvgIpc) is 2.51. The summed E-state index contributed by atoms with van der Waals surface area (Å²) in [6, 6.07) is 0. The fourth-order valence-corrected chi connectivity index (χ4v) is 7.04. The van der Waals surface area contributed by atoms with E-state index in [2.05, 4.69) is 6.58 Å². The molecule has 0 aliphatic heterocycles. The monoisotopic (exact) mass is 288 g/mol. The van der Waals surface area contributed by atoms with Gasteiger partial charge in [-0.05, 0) is 92.3 Å². The van der Waals surface area contributed by atoms with Crippen molar-refractivity contribution in [3.8, 4) is 0 Å². The van der Waals surface area contributed by atoms with Crippen molar-refractivity contribution in [3.05, 3.63) is 12.2 Å². The van der Waals surface area contributed by atoms with Gasteiger partial charge in [0.2, 0.25) is 0 Å². The molecule has 7 fully saturated rings. The first-order valence-corrected chi connectivity index (χ1v) is 8.99. The molecule has 0 heterocycles. The number of hydrogen-bond acceptors (Lipinski definition) is 1. The van der Waals surface area contributed by atoms with Crippen LogP contribution in [0, 0.1) is 47.3 Å². The lowest BCUT2D eigenvalue weighted by Gasteiger charge is -2.69. The van der Waals surface area contributed by atoms with E-state index < -0.39 is 5.97 Å². The second-order valence-corrected chi connectivity index (χ2v) is 8.39. The molecule has 7 aliphatic rings. The first kappa shape index (κ1) is 13.8.